The maximum absolute atomic E-state index is 12.2. The van der Waals surface area contributed by atoms with E-state index >= 15 is 0 Å². The van der Waals surface area contributed by atoms with Crippen LogP contribution in [0.15, 0.2) is 24.3 Å². The SMILES string of the molecule is CC1CC(C)N(C(=O)c2ccc(C#N)cc2)C1. The third-order valence-corrected chi connectivity index (χ3v) is 3.31. The number of nitrogens with zero attached hydrogens (tertiary/aromatic N) is 2. The van der Waals surface area contributed by atoms with E-state index in [1.54, 1.807) is 24.3 Å². The van der Waals surface area contributed by atoms with Gasteiger partial charge < -0.3 is 4.90 Å². The summed E-state index contributed by atoms with van der Waals surface area (Å²) in [4.78, 5) is 14.2. The maximum Gasteiger partial charge on any atom is 0.254 e. The molecule has 1 amide bonds. The van der Waals surface area contributed by atoms with E-state index in [9.17, 15) is 4.79 Å². The van der Waals surface area contributed by atoms with Crippen LogP contribution in [0.3, 0.4) is 0 Å². The van der Waals surface area contributed by atoms with Gasteiger partial charge in [0.15, 0.2) is 0 Å². The van der Waals surface area contributed by atoms with Crippen molar-refractivity contribution < 1.29 is 4.79 Å². The van der Waals surface area contributed by atoms with Gasteiger partial charge in [0.1, 0.15) is 0 Å². The normalized spacial score (nSPS) is 23.5. The Kier molecular flexibility index (Phi) is 3.14. The molecule has 2 unspecified atom stereocenters. The van der Waals surface area contributed by atoms with Crippen molar-refractivity contribution in [3.63, 3.8) is 0 Å². The van der Waals surface area contributed by atoms with Gasteiger partial charge in [-0.2, -0.15) is 5.26 Å². The number of hydrogen-bond donors (Lipinski definition) is 0. The van der Waals surface area contributed by atoms with Gasteiger partial charge in [0, 0.05) is 18.2 Å². The number of hydrogen-bond acceptors (Lipinski definition) is 2. The van der Waals surface area contributed by atoms with Crippen molar-refractivity contribution in [1.29, 1.82) is 5.26 Å². The predicted molar refractivity (Wildman–Crippen MR) is 65.4 cm³/mol. The summed E-state index contributed by atoms with van der Waals surface area (Å²) in [7, 11) is 0. The van der Waals surface area contributed by atoms with E-state index in [-0.39, 0.29) is 5.91 Å². The highest BCUT2D eigenvalue weighted by Crippen LogP contribution is 2.24. The first-order chi connectivity index (χ1) is 8.11. The number of nitriles is 1. The van der Waals surface area contributed by atoms with E-state index in [1.165, 1.54) is 0 Å². The minimum absolute atomic E-state index is 0.0753. The highest BCUT2D eigenvalue weighted by Gasteiger charge is 2.30. The van der Waals surface area contributed by atoms with Crippen LogP contribution in [-0.2, 0) is 0 Å². The van der Waals surface area contributed by atoms with Crippen molar-refractivity contribution in [1.82, 2.24) is 4.90 Å². The second kappa shape index (κ2) is 4.58. The van der Waals surface area contributed by atoms with Crippen molar-refractivity contribution in [2.45, 2.75) is 26.3 Å². The molecule has 1 aromatic rings. The molecular weight excluding hydrogens is 212 g/mol. The van der Waals surface area contributed by atoms with Gasteiger partial charge in [0.25, 0.3) is 5.91 Å². The molecular formula is C14H16N2O. The number of likely N-dealkylation sites (tertiary alicyclic amines) is 1. The molecule has 3 heteroatoms. The van der Waals surface area contributed by atoms with Crippen molar-refractivity contribution in [3.05, 3.63) is 35.4 Å². The van der Waals surface area contributed by atoms with Crippen LogP contribution in [0.4, 0.5) is 0 Å². The fourth-order valence-corrected chi connectivity index (χ4v) is 2.44. The second-order valence-electron chi connectivity index (χ2n) is 4.84. The monoisotopic (exact) mass is 228 g/mol. The fraction of sp³-hybridized carbons (Fsp3) is 0.429. The Morgan fingerprint density at radius 3 is 2.47 bits per heavy atom. The van der Waals surface area contributed by atoms with Gasteiger partial charge in [-0.15, -0.1) is 0 Å². The summed E-state index contributed by atoms with van der Waals surface area (Å²) in [6.07, 6.45) is 1.07. The fourth-order valence-electron chi connectivity index (χ4n) is 2.44. The lowest BCUT2D eigenvalue weighted by Crippen LogP contribution is -2.33. The molecule has 0 aliphatic carbocycles. The van der Waals surface area contributed by atoms with E-state index in [0.717, 1.165) is 13.0 Å². The third kappa shape index (κ3) is 2.31. The van der Waals surface area contributed by atoms with E-state index in [0.29, 0.717) is 23.1 Å². The molecule has 2 atom stereocenters. The Morgan fingerprint density at radius 2 is 2.00 bits per heavy atom. The average Bonchev–Trinajstić information content (AvgIpc) is 2.68. The minimum atomic E-state index is 0.0753. The molecule has 0 aromatic heterocycles. The molecule has 0 bridgehead atoms. The highest BCUT2D eigenvalue weighted by atomic mass is 16.2. The van der Waals surface area contributed by atoms with Crippen LogP contribution in [0.2, 0.25) is 0 Å². The zero-order valence-corrected chi connectivity index (χ0v) is 10.2. The number of rotatable bonds is 1. The number of carbonyl (C=O) groups excluding carboxylic acids is 1. The summed E-state index contributed by atoms with van der Waals surface area (Å²) in [6.45, 7) is 5.09. The molecule has 1 aliphatic rings. The molecule has 0 radical (unpaired) electrons. The number of benzene rings is 1. The van der Waals surface area contributed by atoms with Crippen LogP contribution in [0.25, 0.3) is 0 Å². The smallest absolute Gasteiger partial charge is 0.254 e. The first-order valence-electron chi connectivity index (χ1n) is 5.93. The predicted octanol–water partition coefficient (Wildman–Crippen LogP) is 2.43. The zero-order valence-electron chi connectivity index (χ0n) is 10.2. The molecule has 3 nitrogen and oxygen atoms in total. The van der Waals surface area contributed by atoms with Crippen LogP contribution in [-0.4, -0.2) is 23.4 Å². The van der Waals surface area contributed by atoms with Gasteiger partial charge in [-0.05, 0) is 43.5 Å². The van der Waals surface area contributed by atoms with E-state index in [2.05, 4.69) is 19.9 Å². The molecule has 1 aliphatic heterocycles. The van der Waals surface area contributed by atoms with E-state index in [1.807, 2.05) is 4.90 Å². The molecule has 2 rings (SSSR count). The summed E-state index contributed by atoms with van der Waals surface area (Å²) >= 11 is 0. The lowest BCUT2D eigenvalue weighted by molar-refractivity contribution is 0.0744. The van der Waals surface area contributed by atoms with Crippen LogP contribution >= 0.6 is 0 Å². The van der Waals surface area contributed by atoms with Crippen molar-refractivity contribution in [2.75, 3.05) is 6.54 Å². The number of amides is 1. The Hall–Kier alpha value is -1.82. The standard InChI is InChI=1S/C14H16N2O/c1-10-7-11(2)16(9-10)14(17)13-5-3-12(8-15)4-6-13/h3-6,10-11H,7,9H2,1-2H3. The second-order valence-corrected chi connectivity index (χ2v) is 4.84. The van der Waals surface area contributed by atoms with Gasteiger partial charge in [0.05, 0.1) is 11.6 Å². The first kappa shape index (κ1) is 11.7. The largest absolute Gasteiger partial charge is 0.336 e. The molecule has 0 saturated carbocycles. The lowest BCUT2D eigenvalue weighted by Gasteiger charge is -2.21. The van der Waals surface area contributed by atoms with E-state index in [4.69, 9.17) is 5.26 Å². The van der Waals surface area contributed by atoms with Crippen LogP contribution in [0, 0.1) is 17.2 Å². The Labute approximate surface area is 102 Å². The molecule has 1 heterocycles. The average molecular weight is 228 g/mol. The topological polar surface area (TPSA) is 44.1 Å². The van der Waals surface area contributed by atoms with Crippen molar-refractivity contribution in [2.24, 2.45) is 5.92 Å². The third-order valence-electron chi connectivity index (χ3n) is 3.31. The summed E-state index contributed by atoms with van der Waals surface area (Å²) < 4.78 is 0. The molecule has 1 saturated heterocycles. The minimum Gasteiger partial charge on any atom is -0.336 e. The first-order valence-corrected chi connectivity index (χ1v) is 5.93. The summed E-state index contributed by atoms with van der Waals surface area (Å²) in [5, 5.41) is 8.71. The van der Waals surface area contributed by atoms with Crippen LogP contribution < -0.4 is 0 Å². The summed E-state index contributed by atoms with van der Waals surface area (Å²) in [6, 6.07) is 9.22. The van der Waals surface area contributed by atoms with Crippen molar-refractivity contribution in [3.8, 4) is 6.07 Å². The Bertz CT molecular complexity index is 458. The van der Waals surface area contributed by atoms with Gasteiger partial charge in [-0.3, -0.25) is 4.79 Å². The molecule has 88 valence electrons. The molecule has 17 heavy (non-hydrogen) atoms. The highest BCUT2D eigenvalue weighted by molar-refractivity contribution is 5.94. The summed E-state index contributed by atoms with van der Waals surface area (Å²) in [5.41, 5.74) is 1.26. The summed E-state index contributed by atoms with van der Waals surface area (Å²) in [5.74, 6) is 0.652. The number of carbonyl (C=O) groups is 1. The molecule has 0 spiro atoms. The van der Waals surface area contributed by atoms with Crippen LogP contribution in [0.5, 0.6) is 0 Å². The van der Waals surface area contributed by atoms with Gasteiger partial charge in [-0.25, -0.2) is 0 Å². The lowest BCUT2D eigenvalue weighted by atomic mass is 10.1. The van der Waals surface area contributed by atoms with Gasteiger partial charge in [0.2, 0.25) is 0 Å². The van der Waals surface area contributed by atoms with Crippen molar-refractivity contribution >= 4 is 5.91 Å². The maximum atomic E-state index is 12.2. The quantitative estimate of drug-likeness (QED) is 0.741. The Balaban J connectivity index is 2.17. The van der Waals surface area contributed by atoms with Gasteiger partial charge in [-0.1, -0.05) is 6.92 Å². The Morgan fingerprint density at radius 1 is 1.35 bits per heavy atom. The van der Waals surface area contributed by atoms with Crippen LogP contribution in [0.1, 0.15) is 36.2 Å². The zero-order chi connectivity index (χ0) is 12.4. The van der Waals surface area contributed by atoms with Gasteiger partial charge >= 0.3 is 0 Å². The molecule has 1 fully saturated rings. The molecule has 0 N–H and O–H groups in total. The molecule has 1 aromatic carbocycles. The van der Waals surface area contributed by atoms with E-state index < -0.39 is 0 Å².